The van der Waals surface area contributed by atoms with Crippen molar-refractivity contribution >= 4 is 25.6 Å². The Balaban J connectivity index is 2.98. The van der Waals surface area contributed by atoms with E-state index in [9.17, 15) is 30.8 Å². The van der Waals surface area contributed by atoms with Crippen LogP contribution in [0.15, 0.2) is 23.1 Å². The van der Waals surface area contributed by atoms with Crippen LogP contribution in [0, 0.1) is 6.92 Å². The summed E-state index contributed by atoms with van der Waals surface area (Å²) in [4.78, 5) is 11.3. The number of rotatable bonds is 5. The Hall–Kier alpha value is -1.35. The van der Waals surface area contributed by atoms with Gasteiger partial charge in [0.2, 0.25) is 0 Å². The van der Waals surface area contributed by atoms with E-state index in [-0.39, 0.29) is 11.1 Å². The fourth-order valence-corrected chi connectivity index (χ4v) is 2.15. The van der Waals surface area contributed by atoms with Gasteiger partial charge in [0, 0.05) is 16.2 Å². The van der Waals surface area contributed by atoms with Crippen LogP contribution in [0.1, 0.15) is 15.9 Å². The van der Waals surface area contributed by atoms with Crippen LogP contribution in [-0.2, 0) is 9.05 Å². The van der Waals surface area contributed by atoms with Crippen molar-refractivity contribution in [1.29, 1.82) is 0 Å². The maximum Gasteiger partial charge on any atom is 0.324 e. The molecule has 1 N–H and O–H groups in total. The minimum atomic E-state index is -4.38. The van der Waals surface area contributed by atoms with Crippen molar-refractivity contribution in [3.05, 3.63) is 29.3 Å². The van der Waals surface area contributed by atoms with Crippen LogP contribution in [0.2, 0.25) is 0 Å². The Morgan fingerprint density at radius 1 is 1.38 bits per heavy atom. The van der Waals surface area contributed by atoms with Crippen molar-refractivity contribution in [2.24, 2.45) is 0 Å². The van der Waals surface area contributed by atoms with Crippen LogP contribution in [0.5, 0.6) is 0 Å². The number of halogens is 5. The van der Waals surface area contributed by atoms with E-state index in [2.05, 4.69) is 0 Å². The molecule has 0 aliphatic rings. The number of carbonyl (C=O) groups is 1. The number of aryl methyl sites for hydroxylation is 1. The predicted molar refractivity (Wildman–Crippen MR) is 67.5 cm³/mol. The summed E-state index contributed by atoms with van der Waals surface area (Å²) in [5, 5.41) is 1.63. The number of hydrogen-bond acceptors (Lipinski definition) is 3. The van der Waals surface area contributed by atoms with Crippen molar-refractivity contribution in [2.45, 2.75) is 24.2 Å². The van der Waals surface area contributed by atoms with E-state index in [1.54, 1.807) is 5.32 Å². The first-order valence-electron chi connectivity index (χ1n) is 5.44. The fourth-order valence-electron chi connectivity index (χ4n) is 1.37. The largest absolute Gasteiger partial charge is 0.346 e. The summed E-state index contributed by atoms with van der Waals surface area (Å²) in [6.45, 7) is -0.147. The van der Waals surface area contributed by atoms with E-state index in [0.717, 1.165) is 12.1 Å². The first-order chi connectivity index (χ1) is 9.45. The molecule has 21 heavy (non-hydrogen) atoms. The van der Waals surface area contributed by atoms with Crippen LogP contribution in [-0.4, -0.2) is 33.2 Å². The topological polar surface area (TPSA) is 63.2 Å². The third-order valence-corrected chi connectivity index (χ3v) is 3.89. The Labute approximate surface area is 122 Å². The van der Waals surface area contributed by atoms with E-state index in [0.29, 0.717) is 0 Å². The summed E-state index contributed by atoms with van der Waals surface area (Å²) in [6, 6.07) is 3.26. The number of nitrogens with one attached hydrogen (secondary N) is 1. The molecule has 0 spiro atoms. The Bertz CT molecular complexity index is 649. The summed E-state index contributed by atoms with van der Waals surface area (Å²) in [5.41, 5.74) is 0.0266. The highest BCUT2D eigenvalue weighted by atomic mass is 35.7. The maximum absolute atomic E-state index is 12.7. The second-order valence-corrected chi connectivity index (χ2v) is 6.72. The van der Waals surface area contributed by atoms with E-state index in [1.165, 1.54) is 13.0 Å². The quantitative estimate of drug-likeness (QED) is 0.657. The van der Waals surface area contributed by atoms with Crippen molar-refractivity contribution in [3.8, 4) is 0 Å². The van der Waals surface area contributed by atoms with Crippen LogP contribution >= 0.6 is 10.7 Å². The van der Waals surface area contributed by atoms with Gasteiger partial charge in [-0.05, 0) is 24.6 Å². The normalized spacial score (nSPS) is 12.5. The summed E-state index contributed by atoms with van der Waals surface area (Å²) >= 11 is 0. The van der Waals surface area contributed by atoms with E-state index in [1.807, 2.05) is 0 Å². The second-order valence-electron chi connectivity index (χ2n) is 4.16. The Morgan fingerprint density at radius 3 is 2.43 bits per heavy atom. The highest BCUT2D eigenvalue weighted by molar-refractivity contribution is 8.13. The molecule has 0 aliphatic carbocycles. The first-order valence-corrected chi connectivity index (χ1v) is 7.75. The third-order valence-electron chi connectivity index (χ3n) is 2.54. The van der Waals surface area contributed by atoms with E-state index in [4.69, 9.17) is 10.7 Å². The molecule has 0 saturated carbocycles. The van der Waals surface area contributed by atoms with Gasteiger partial charge in [-0.15, -0.1) is 0 Å². The summed E-state index contributed by atoms with van der Waals surface area (Å²) in [5.74, 6) is -5.48. The van der Waals surface area contributed by atoms with Gasteiger partial charge in [-0.2, -0.15) is 8.78 Å². The van der Waals surface area contributed by atoms with Gasteiger partial charge in [-0.3, -0.25) is 4.79 Å². The van der Waals surface area contributed by atoms with Gasteiger partial charge in [-0.1, -0.05) is 6.07 Å². The molecular formula is C11H10ClF4NO3S. The van der Waals surface area contributed by atoms with Gasteiger partial charge in [0.05, 0.1) is 11.4 Å². The third kappa shape index (κ3) is 4.57. The lowest BCUT2D eigenvalue weighted by Gasteiger charge is -2.16. The molecule has 0 aliphatic heterocycles. The lowest BCUT2D eigenvalue weighted by Crippen LogP contribution is -2.41. The van der Waals surface area contributed by atoms with Crippen LogP contribution in [0.3, 0.4) is 0 Å². The first kappa shape index (κ1) is 17.7. The number of benzene rings is 1. The Kier molecular flexibility index (Phi) is 5.21. The molecule has 0 unspecified atom stereocenters. The molecule has 0 aromatic heterocycles. The monoisotopic (exact) mass is 347 g/mol. The number of alkyl halides is 4. The standard InChI is InChI=1S/C11H10ClF4NO3S/c1-6-2-3-7(21(12,19)20)4-8(6)9(18)17-5-11(15,16)10(13)14/h2-4,10H,5H2,1H3,(H,17,18). The molecule has 1 aromatic carbocycles. The molecule has 10 heteroatoms. The van der Waals surface area contributed by atoms with Crippen molar-refractivity contribution in [2.75, 3.05) is 6.54 Å². The molecule has 0 atom stereocenters. The van der Waals surface area contributed by atoms with Crippen LogP contribution < -0.4 is 5.32 Å². The average Bonchev–Trinajstić information content (AvgIpc) is 2.35. The minimum Gasteiger partial charge on any atom is -0.346 e. The molecule has 0 radical (unpaired) electrons. The average molecular weight is 348 g/mol. The lowest BCUT2D eigenvalue weighted by molar-refractivity contribution is -0.123. The van der Waals surface area contributed by atoms with E-state index >= 15 is 0 Å². The summed E-state index contributed by atoms with van der Waals surface area (Å²) in [7, 11) is 0.992. The molecule has 0 saturated heterocycles. The molecular weight excluding hydrogens is 338 g/mol. The zero-order valence-electron chi connectivity index (χ0n) is 10.5. The zero-order chi connectivity index (χ0) is 16.4. The van der Waals surface area contributed by atoms with Crippen molar-refractivity contribution in [3.63, 3.8) is 0 Å². The minimum absolute atomic E-state index is 0.248. The van der Waals surface area contributed by atoms with E-state index < -0.39 is 38.7 Å². The molecule has 4 nitrogen and oxygen atoms in total. The molecule has 0 bridgehead atoms. The highest BCUT2D eigenvalue weighted by Crippen LogP contribution is 2.22. The van der Waals surface area contributed by atoms with Gasteiger partial charge in [-0.25, -0.2) is 17.2 Å². The van der Waals surface area contributed by atoms with Gasteiger partial charge in [0.1, 0.15) is 0 Å². The van der Waals surface area contributed by atoms with Crippen molar-refractivity contribution < 1.29 is 30.8 Å². The molecule has 1 rings (SSSR count). The van der Waals surface area contributed by atoms with Crippen LogP contribution in [0.25, 0.3) is 0 Å². The summed E-state index contributed by atoms with van der Waals surface area (Å²) < 4.78 is 71.6. The molecule has 0 heterocycles. The SMILES string of the molecule is Cc1ccc(S(=O)(=O)Cl)cc1C(=O)NCC(F)(F)C(F)F. The predicted octanol–water partition coefficient (Wildman–Crippen LogP) is 2.55. The Morgan fingerprint density at radius 2 is 1.95 bits per heavy atom. The van der Waals surface area contributed by atoms with Crippen molar-refractivity contribution in [1.82, 2.24) is 5.32 Å². The number of hydrogen-bond donors (Lipinski definition) is 1. The van der Waals surface area contributed by atoms with Gasteiger partial charge in [0.25, 0.3) is 15.0 Å². The second kappa shape index (κ2) is 6.18. The molecule has 1 amide bonds. The van der Waals surface area contributed by atoms with Crippen LogP contribution in [0.4, 0.5) is 17.6 Å². The zero-order valence-corrected chi connectivity index (χ0v) is 12.1. The smallest absolute Gasteiger partial charge is 0.324 e. The maximum atomic E-state index is 12.7. The van der Waals surface area contributed by atoms with Gasteiger partial charge < -0.3 is 5.32 Å². The molecule has 118 valence electrons. The number of amides is 1. The lowest BCUT2D eigenvalue weighted by atomic mass is 10.1. The molecule has 0 fully saturated rings. The number of carbonyl (C=O) groups excluding carboxylic acids is 1. The molecule has 1 aromatic rings. The van der Waals surface area contributed by atoms with Gasteiger partial charge >= 0.3 is 12.3 Å². The highest BCUT2D eigenvalue weighted by Gasteiger charge is 2.40. The summed E-state index contributed by atoms with van der Waals surface area (Å²) in [6.07, 6.45) is -3.92. The van der Waals surface area contributed by atoms with Gasteiger partial charge in [0.15, 0.2) is 0 Å². The fraction of sp³-hybridized carbons (Fsp3) is 0.364.